The van der Waals surface area contributed by atoms with Gasteiger partial charge in [0.15, 0.2) is 5.71 Å². The standard InChI is InChI=1S/C15H8BrCl2N3O2/c16-7-1-4-12-10(5-7)13(15(23)19-12)20-21-14(22)9-3-2-8(17)6-11(9)18/h1-6H,(H,21,22)(H,19,20,23). The Morgan fingerprint density at radius 2 is 1.96 bits per heavy atom. The van der Waals surface area contributed by atoms with E-state index >= 15 is 0 Å². The molecule has 1 aliphatic rings. The van der Waals surface area contributed by atoms with E-state index in [-0.39, 0.29) is 22.2 Å². The van der Waals surface area contributed by atoms with Gasteiger partial charge in [-0.2, -0.15) is 5.10 Å². The van der Waals surface area contributed by atoms with Gasteiger partial charge in [0.25, 0.3) is 11.8 Å². The fourth-order valence-corrected chi connectivity index (χ4v) is 2.93. The summed E-state index contributed by atoms with van der Waals surface area (Å²) in [5.74, 6) is -0.920. The molecule has 23 heavy (non-hydrogen) atoms. The van der Waals surface area contributed by atoms with Gasteiger partial charge in [-0.05, 0) is 36.4 Å². The van der Waals surface area contributed by atoms with E-state index in [9.17, 15) is 9.59 Å². The molecule has 0 radical (unpaired) electrons. The fourth-order valence-electron chi connectivity index (χ4n) is 2.08. The zero-order valence-electron chi connectivity index (χ0n) is 11.4. The van der Waals surface area contributed by atoms with Crippen molar-refractivity contribution < 1.29 is 9.59 Å². The lowest BCUT2D eigenvalue weighted by molar-refractivity contribution is -0.110. The van der Waals surface area contributed by atoms with Crippen molar-refractivity contribution in [3.8, 4) is 0 Å². The highest BCUT2D eigenvalue weighted by atomic mass is 79.9. The number of hydrazone groups is 1. The highest BCUT2D eigenvalue weighted by Crippen LogP contribution is 2.27. The van der Waals surface area contributed by atoms with Crippen molar-refractivity contribution in [1.29, 1.82) is 0 Å². The van der Waals surface area contributed by atoms with Crippen LogP contribution in [0.1, 0.15) is 15.9 Å². The van der Waals surface area contributed by atoms with Crippen LogP contribution < -0.4 is 10.7 Å². The van der Waals surface area contributed by atoms with Gasteiger partial charge in [0, 0.05) is 15.1 Å². The molecule has 1 aliphatic heterocycles. The first-order valence-electron chi connectivity index (χ1n) is 6.40. The molecule has 0 aliphatic carbocycles. The van der Waals surface area contributed by atoms with Crippen LogP contribution in [0.2, 0.25) is 10.0 Å². The molecule has 0 bridgehead atoms. The summed E-state index contributed by atoms with van der Waals surface area (Å²) >= 11 is 15.1. The Hall–Kier alpha value is -1.89. The predicted octanol–water partition coefficient (Wildman–Crippen LogP) is 3.84. The predicted molar refractivity (Wildman–Crippen MR) is 93.2 cm³/mol. The summed E-state index contributed by atoms with van der Waals surface area (Å²) in [5, 5.41) is 7.22. The number of carbonyl (C=O) groups is 2. The summed E-state index contributed by atoms with van der Waals surface area (Å²) in [6.45, 7) is 0. The van der Waals surface area contributed by atoms with E-state index < -0.39 is 5.91 Å². The van der Waals surface area contributed by atoms with Crippen LogP contribution in [0.25, 0.3) is 0 Å². The van der Waals surface area contributed by atoms with Crippen LogP contribution in [-0.4, -0.2) is 17.5 Å². The van der Waals surface area contributed by atoms with Crippen molar-refractivity contribution in [2.45, 2.75) is 0 Å². The van der Waals surface area contributed by atoms with E-state index in [2.05, 4.69) is 31.8 Å². The van der Waals surface area contributed by atoms with Crippen LogP contribution in [0.15, 0.2) is 46.0 Å². The van der Waals surface area contributed by atoms with Crippen LogP contribution in [0.5, 0.6) is 0 Å². The third-order valence-electron chi connectivity index (χ3n) is 3.15. The number of nitrogens with one attached hydrogen (secondary N) is 2. The minimum Gasteiger partial charge on any atom is -0.320 e. The minimum atomic E-state index is -0.532. The Kier molecular flexibility index (Phi) is 4.39. The number of rotatable bonds is 2. The molecule has 0 atom stereocenters. The first-order valence-corrected chi connectivity index (χ1v) is 7.95. The monoisotopic (exact) mass is 411 g/mol. The second kappa shape index (κ2) is 6.31. The lowest BCUT2D eigenvalue weighted by atomic mass is 10.1. The number of fused-ring (bicyclic) bond motifs is 1. The molecule has 0 aromatic heterocycles. The summed E-state index contributed by atoms with van der Waals surface area (Å²) < 4.78 is 0.799. The van der Waals surface area contributed by atoms with Crippen molar-refractivity contribution >= 4 is 62.3 Å². The van der Waals surface area contributed by atoms with Gasteiger partial charge in [0.2, 0.25) is 0 Å². The number of anilines is 1. The molecule has 0 unspecified atom stereocenters. The molecular weight excluding hydrogens is 405 g/mol. The number of halogens is 3. The largest absolute Gasteiger partial charge is 0.320 e. The van der Waals surface area contributed by atoms with Gasteiger partial charge in [-0.3, -0.25) is 9.59 Å². The number of hydrogen-bond donors (Lipinski definition) is 2. The number of benzene rings is 2. The Morgan fingerprint density at radius 3 is 2.70 bits per heavy atom. The molecular formula is C15H8BrCl2N3O2. The molecule has 0 saturated heterocycles. The maximum absolute atomic E-state index is 12.1. The quantitative estimate of drug-likeness (QED) is 0.735. The van der Waals surface area contributed by atoms with Gasteiger partial charge < -0.3 is 5.32 Å². The zero-order valence-corrected chi connectivity index (χ0v) is 14.5. The topological polar surface area (TPSA) is 70.6 Å². The zero-order chi connectivity index (χ0) is 16.6. The lowest BCUT2D eigenvalue weighted by Gasteiger charge is -2.04. The van der Waals surface area contributed by atoms with Gasteiger partial charge >= 0.3 is 0 Å². The molecule has 8 heteroatoms. The summed E-state index contributed by atoms with van der Waals surface area (Å²) in [7, 11) is 0. The van der Waals surface area contributed by atoms with E-state index in [1.54, 1.807) is 24.3 Å². The van der Waals surface area contributed by atoms with Gasteiger partial charge in [-0.1, -0.05) is 39.1 Å². The highest BCUT2D eigenvalue weighted by molar-refractivity contribution is 9.10. The second-order valence-electron chi connectivity index (χ2n) is 4.67. The first kappa shape index (κ1) is 16.0. The lowest BCUT2D eigenvalue weighted by Crippen LogP contribution is -2.23. The molecule has 3 rings (SSSR count). The number of nitrogens with zero attached hydrogens (tertiary/aromatic N) is 1. The van der Waals surface area contributed by atoms with E-state index in [4.69, 9.17) is 23.2 Å². The molecule has 2 aromatic carbocycles. The number of amides is 2. The maximum atomic E-state index is 12.1. The van der Waals surface area contributed by atoms with Gasteiger partial charge in [-0.25, -0.2) is 5.43 Å². The average molecular weight is 413 g/mol. The van der Waals surface area contributed by atoms with Crippen LogP contribution >= 0.6 is 39.1 Å². The molecule has 0 spiro atoms. The van der Waals surface area contributed by atoms with Crippen LogP contribution in [0.4, 0.5) is 5.69 Å². The second-order valence-corrected chi connectivity index (χ2v) is 6.43. The molecule has 116 valence electrons. The van der Waals surface area contributed by atoms with Crippen molar-refractivity contribution in [2.24, 2.45) is 5.10 Å². The van der Waals surface area contributed by atoms with Crippen molar-refractivity contribution in [3.63, 3.8) is 0 Å². The van der Waals surface area contributed by atoms with Crippen molar-refractivity contribution in [2.75, 3.05) is 5.32 Å². The number of hydrogen-bond acceptors (Lipinski definition) is 3. The molecule has 0 saturated carbocycles. The van der Waals surface area contributed by atoms with Gasteiger partial charge in [-0.15, -0.1) is 0 Å². The third kappa shape index (κ3) is 3.24. The van der Waals surface area contributed by atoms with E-state index in [1.807, 2.05) is 0 Å². The Bertz CT molecular complexity index is 868. The summed E-state index contributed by atoms with van der Waals surface area (Å²) in [6.07, 6.45) is 0. The maximum Gasteiger partial charge on any atom is 0.276 e. The van der Waals surface area contributed by atoms with Crippen LogP contribution in [0.3, 0.4) is 0 Å². The first-order chi connectivity index (χ1) is 11.0. The Labute approximate surface area is 149 Å². The summed E-state index contributed by atoms with van der Waals surface area (Å²) in [6, 6.07) is 9.78. The number of carbonyl (C=O) groups excluding carboxylic acids is 2. The van der Waals surface area contributed by atoms with Gasteiger partial charge in [0.1, 0.15) is 0 Å². The highest BCUT2D eigenvalue weighted by Gasteiger charge is 2.26. The molecule has 2 amide bonds. The molecule has 5 nitrogen and oxygen atoms in total. The SMILES string of the molecule is O=C1Nc2ccc(Br)cc2/C1=N\NC(=O)c1ccc(Cl)cc1Cl. The summed E-state index contributed by atoms with van der Waals surface area (Å²) in [4.78, 5) is 24.1. The fraction of sp³-hybridized carbons (Fsp3) is 0. The van der Waals surface area contributed by atoms with Crippen molar-refractivity contribution in [3.05, 3.63) is 62.0 Å². The van der Waals surface area contributed by atoms with Crippen LogP contribution in [0, 0.1) is 0 Å². The molecule has 1 heterocycles. The Balaban J connectivity index is 1.87. The molecule has 2 aromatic rings. The van der Waals surface area contributed by atoms with Gasteiger partial charge in [0.05, 0.1) is 16.3 Å². The summed E-state index contributed by atoms with van der Waals surface area (Å²) in [5.41, 5.74) is 3.92. The smallest absolute Gasteiger partial charge is 0.276 e. The minimum absolute atomic E-state index is 0.125. The molecule has 2 N–H and O–H groups in total. The van der Waals surface area contributed by atoms with Crippen LogP contribution in [-0.2, 0) is 4.79 Å². The normalized spacial score (nSPS) is 14.6. The van der Waals surface area contributed by atoms with Crippen molar-refractivity contribution in [1.82, 2.24) is 5.43 Å². The Morgan fingerprint density at radius 1 is 1.17 bits per heavy atom. The third-order valence-corrected chi connectivity index (χ3v) is 4.19. The van der Waals surface area contributed by atoms with E-state index in [0.29, 0.717) is 16.3 Å². The average Bonchev–Trinajstić information content (AvgIpc) is 2.79. The van der Waals surface area contributed by atoms with E-state index in [0.717, 1.165) is 4.47 Å². The van der Waals surface area contributed by atoms with E-state index in [1.165, 1.54) is 12.1 Å². The molecule has 0 fully saturated rings.